The minimum absolute atomic E-state index is 0.0626. The molecule has 0 fully saturated rings. The second kappa shape index (κ2) is 7.80. The molecule has 2 amide bonds. The molecule has 0 spiro atoms. The van der Waals surface area contributed by atoms with Crippen molar-refractivity contribution in [2.75, 3.05) is 11.9 Å². The molecule has 3 rings (SSSR count). The molecule has 0 aliphatic carbocycles. The summed E-state index contributed by atoms with van der Waals surface area (Å²) in [5.41, 5.74) is 5.64. The number of phenolic OH excluding ortho intramolecular Hbond substituents is 1. The third kappa shape index (κ3) is 4.14. The number of allylic oxidation sites excluding steroid dienone is 1. The van der Waals surface area contributed by atoms with Crippen LogP contribution in [0.3, 0.4) is 0 Å². The number of nitrogens with zero attached hydrogens (tertiary/aromatic N) is 1. The molecule has 0 saturated carbocycles. The van der Waals surface area contributed by atoms with Gasteiger partial charge < -0.3 is 26.2 Å². The van der Waals surface area contributed by atoms with E-state index >= 15 is 0 Å². The van der Waals surface area contributed by atoms with Crippen molar-refractivity contribution >= 4 is 29.2 Å². The smallest absolute Gasteiger partial charge is 0.263 e. The molecule has 2 heterocycles. The summed E-state index contributed by atoms with van der Waals surface area (Å²) >= 11 is 5.71. The highest BCUT2D eigenvalue weighted by molar-refractivity contribution is 6.29. The highest BCUT2D eigenvalue weighted by Gasteiger charge is 2.22. The second-order valence-corrected chi connectivity index (χ2v) is 6.59. The molecule has 8 nitrogen and oxygen atoms in total. The van der Waals surface area contributed by atoms with E-state index in [1.807, 2.05) is 0 Å². The van der Waals surface area contributed by atoms with Crippen LogP contribution in [-0.2, 0) is 4.79 Å². The fraction of sp³-hybridized carbons (Fsp3) is 0.105. The van der Waals surface area contributed by atoms with E-state index in [4.69, 9.17) is 22.1 Å². The van der Waals surface area contributed by atoms with Crippen molar-refractivity contribution in [3.63, 3.8) is 0 Å². The molecular formula is C19H16ClFN4O4. The normalized spacial score (nSPS) is 13.6. The highest BCUT2D eigenvalue weighted by Crippen LogP contribution is 2.33. The van der Waals surface area contributed by atoms with Crippen LogP contribution in [0.5, 0.6) is 11.5 Å². The number of halogens is 2. The summed E-state index contributed by atoms with van der Waals surface area (Å²) in [6, 6.07) is 4.89. The number of benzene rings is 1. The molecule has 5 N–H and O–H groups in total. The number of amides is 2. The number of fused-ring (bicyclic) bond motifs is 1. The van der Waals surface area contributed by atoms with E-state index in [1.54, 1.807) is 6.92 Å². The van der Waals surface area contributed by atoms with E-state index in [0.717, 1.165) is 12.1 Å². The molecule has 1 aromatic heterocycles. The van der Waals surface area contributed by atoms with Crippen LogP contribution in [0.25, 0.3) is 11.3 Å². The lowest BCUT2D eigenvalue weighted by atomic mass is 10.0. The van der Waals surface area contributed by atoms with Gasteiger partial charge in [0.15, 0.2) is 18.2 Å². The standard InChI is InChI=1S/C19H16ClFN4O4/c1-8(2)16(17(20)22)25-19(28)10-5-11(21)9(6-13(10)26)12-3-4-14-18(23-12)24-15(27)7-29-14/h3-6,26H,1,7,22H2,2H3,(H,25,28)(H,23,24,27)/b17-16+. The maximum atomic E-state index is 14.7. The molecule has 0 radical (unpaired) electrons. The zero-order chi connectivity index (χ0) is 21.3. The van der Waals surface area contributed by atoms with Gasteiger partial charge >= 0.3 is 0 Å². The number of pyridine rings is 1. The number of aromatic nitrogens is 1. The topological polar surface area (TPSA) is 127 Å². The van der Waals surface area contributed by atoms with Crippen molar-refractivity contribution in [1.82, 2.24) is 10.3 Å². The number of rotatable bonds is 4. The van der Waals surface area contributed by atoms with Gasteiger partial charge in [-0.1, -0.05) is 18.2 Å². The van der Waals surface area contributed by atoms with Crippen LogP contribution in [0.4, 0.5) is 10.2 Å². The molecule has 1 aliphatic heterocycles. The van der Waals surface area contributed by atoms with Crippen LogP contribution in [-0.4, -0.2) is 28.5 Å². The molecular weight excluding hydrogens is 403 g/mol. The first-order valence-corrected chi connectivity index (χ1v) is 8.64. The van der Waals surface area contributed by atoms with E-state index in [0.29, 0.717) is 11.3 Å². The van der Waals surface area contributed by atoms with Gasteiger partial charge in [-0.2, -0.15) is 0 Å². The number of aromatic hydroxyl groups is 1. The lowest BCUT2D eigenvalue weighted by molar-refractivity contribution is -0.118. The van der Waals surface area contributed by atoms with Gasteiger partial charge in [0.05, 0.1) is 17.0 Å². The predicted octanol–water partition coefficient (Wildman–Crippen LogP) is 2.60. The van der Waals surface area contributed by atoms with Crippen molar-refractivity contribution < 1.29 is 23.8 Å². The zero-order valence-corrected chi connectivity index (χ0v) is 15.9. The van der Waals surface area contributed by atoms with E-state index in [1.165, 1.54) is 12.1 Å². The summed E-state index contributed by atoms with van der Waals surface area (Å²) in [6.07, 6.45) is 0. The summed E-state index contributed by atoms with van der Waals surface area (Å²) in [5, 5.41) is 15.0. The van der Waals surface area contributed by atoms with Crippen LogP contribution in [0.2, 0.25) is 0 Å². The molecule has 1 aromatic carbocycles. The van der Waals surface area contributed by atoms with Gasteiger partial charge in [0.2, 0.25) is 0 Å². The van der Waals surface area contributed by atoms with Crippen molar-refractivity contribution in [3.8, 4) is 22.8 Å². The zero-order valence-electron chi connectivity index (χ0n) is 15.2. The Labute approximate surface area is 169 Å². The van der Waals surface area contributed by atoms with Gasteiger partial charge in [-0.15, -0.1) is 0 Å². The first-order chi connectivity index (χ1) is 13.7. The predicted molar refractivity (Wildman–Crippen MR) is 105 cm³/mol. The molecule has 0 bridgehead atoms. The average Bonchev–Trinajstić information content (AvgIpc) is 2.66. The van der Waals surface area contributed by atoms with Crippen molar-refractivity contribution in [3.05, 3.63) is 58.7 Å². The molecule has 10 heteroatoms. The first kappa shape index (κ1) is 20.2. The van der Waals surface area contributed by atoms with Gasteiger partial charge in [-0.3, -0.25) is 9.59 Å². The maximum absolute atomic E-state index is 14.7. The Balaban J connectivity index is 1.95. The quantitative estimate of drug-likeness (QED) is 0.446. The Morgan fingerprint density at radius 1 is 1.45 bits per heavy atom. The monoisotopic (exact) mass is 418 g/mol. The third-order valence-electron chi connectivity index (χ3n) is 3.98. The van der Waals surface area contributed by atoms with E-state index in [2.05, 4.69) is 22.2 Å². The molecule has 150 valence electrons. The fourth-order valence-corrected chi connectivity index (χ4v) is 2.81. The molecule has 29 heavy (non-hydrogen) atoms. The number of anilines is 1. The first-order valence-electron chi connectivity index (χ1n) is 8.26. The molecule has 2 aromatic rings. The fourth-order valence-electron chi connectivity index (χ4n) is 2.60. The number of carbonyl (C=O) groups excluding carboxylic acids is 2. The number of nitrogens with two attached hydrogens (primary N) is 1. The number of carbonyl (C=O) groups is 2. The van der Waals surface area contributed by atoms with E-state index in [9.17, 15) is 19.1 Å². The summed E-state index contributed by atoms with van der Waals surface area (Å²) in [5.74, 6) is -2.05. The van der Waals surface area contributed by atoms with E-state index in [-0.39, 0.29) is 40.1 Å². The van der Waals surface area contributed by atoms with Crippen LogP contribution < -0.4 is 21.1 Å². The SMILES string of the molecule is C=C(C)/C(NC(=O)c1cc(F)c(-c2ccc3c(n2)NC(=O)CO3)cc1O)=C(\N)Cl. The molecule has 1 aliphatic rings. The number of hydrogen-bond acceptors (Lipinski definition) is 6. The van der Waals surface area contributed by atoms with Crippen LogP contribution in [0.1, 0.15) is 17.3 Å². The Kier molecular flexibility index (Phi) is 5.42. The van der Waals surface area contributed by atoms with Crippen molar-refractivity contribution in [1.29, 1.82) is 0 Å². The Morgan fingerprint density at radius 3 is 2.83 bits per heavy atom. The number of phenols is 1. The van der Waals surface area contributed by atoms with Crippen LogP contribution >= 0.6 is 11.6 Å². The summed E-state index contributed by atoms with van der Waals surface area (Å²) in [6.45, 7) is 5.07. The lowest BCUT2D eigenvalue weighted by Gasteiger charge is -2.18. The van der Waals surface area contributed by atoms with Gasteiger partial charge in [0, 0.05) is 5.56 Å². The maximum Gasteiger partial charge on any atom is 0.263 e. The number of ether oxygens (including phenoxy) is 1. The Morgan fingerprint density at radius 2 is 2.17 bits per heavy atom. The van der Waals surface area contributed by atoms with Gasteiger partial charge in [-0.05, 0) is 36.8 Å². The summed E-state index contributed by atoms with van der Waals surface area (Å²) in [4.78, 5) is 28.0. The Bertz CT molecular complexity index is 1080. The second-order valence-electron chi connectivity index (χ2n) is 6.19. The van der Waals surface area contributed by atoms with Crippen molar-refractivity contribution in [2.45, 2.75) is 6.92 Å². The summed E-state index contributed by atoms with van der Waals surface area (Å²) < 4.78 is 19.9. The van der Waals surface area contributed by atoms with Gasteiger partial charge in [0.25, 0.3) is 11.8 Å². The minimum Gasteiger partial charge on any atom is -0.507 e. The van der Waals surface area contributed by atoms with Crippen molar-refractivity contribution in [2.24, 2.45) is 5.73 Å². The third-order valence-corrected chi connectivity index (χ3v) is 4.17. The minimum atomic E-state index is -0.825. The van der Waals surface area contributed by atoms with Crippen LogP contribution in [0.15, 0.2) is 47.3 Å². The average molecular weight is 419 g/mol. The van der Waals surface area contributed by atoms with Gasteiger partial charge in [0.1, 0.15) is 16.7 Å². The highest BCUT2D eigenvalue weighted by atomic mass is 35.5. The number of nitrogens with one attached hydrogen (secondary N) is 2. The van der Waals surface area contributed by atoms with Crippen LogP contribution in [0, 0.1) is 5.82 Å². The van der Waals surface area contributed by atoms with Gasteiger partial charge in [-0.25, -0.2) is 9.37 Å². The molecule has 0 atom stereocenters. The largest absolute Gasteiger partial charge is 0.507 e. The molecule has 0 unspecified atom stereocenters. The van der Waals surface area contributed by atoms with E-state index < -0.39 is 23.4 Å². The molecule has 0 saturated heterocycles. The number of hydrogen-bond donors (Lipinski definition) is 4. The Hall–Kier alpha value is -3.59. The lowest BCUT2D eigenvalue weighted by Crippen LogP contribution is -2.26. The summed E-state index contributed by atoms with van der Waals surface area (Å²) in [7, 11) is 0.